The fourth-order valence-electron chi connectivity index (χ4n) is 1.87. The van der Waals surface area contributed by atoms with Crippen molar-refractivity contribution in [3.05, 3.63) is 35.2 Å². The summed E-state index contributed by atoms with van der Waals surface area (Å²) in [6, 6.07) is 11.4. The van der Waals surface area contributed by atoms with Crippen molar-refractivity contribution in [3.8, 4) is 0 Å². The first-order valence-corrected chi connectivity index (χ1v) is 6.38. The van der Waals surface area contributed by atoms with Gasteiger partial charge < -0.3 is 5.32 Å². The predicted molar refractivity (Wildman–Crippen MR) is 68.5 cm³/mol. The van der Waals surface area contributed by atoms with Gasteiger partial charge in [-0.25, -0.2) is 0 Å². The standard InChI is InChI=1S/C13H17NS/c1-3-11(14-4-2)13-9-10-7-5-6-8-12(10)15-13/h5-9,11,14H,3-4H2,1-2H3. The van der Waals surface area contributed by atoms with Gasteiger partial charge in [0.25, 0.3) is 0 Å². The summed E-state index contributed by atoms with van der Waals surface area (Å²) in [5.74, 6) is 0. The fourth-order valence-corrected chi connectivity index (χ4v) is 3.09. The molecule has 1 atom stereocenters. The molecular weight excluding hydrogens is 202 g/mol. The lowest BCUT2D eigenvalue weighted by Gasteiger charge is -2.12. The van der Waals surface area contributed by atoms with E-state index >= 15 is 0 Å². The van der Waals surface area contributed by atoms with Gasteiger partial charge in [-0.1, -0.05) is 32.0 Å². The highest BCUT2D eigenvalue weighted by Crippen LogP contribution is 2.30. The average molecular weight is 219 g/mol. The van der Waals surface area contributed by atoms with Gasteiger partial charge in [0.1, 0.15) is 0 Å². The van der Waals surface area contributed by atoms with Gasteiger partial charge in [-0.15, -0.1) is 11.3 Å². The van der Waals surface area contributed by atoms with Crippen molar-refractivity contribution in [2.24, 2.45) is 0 Å². The first kappa shape index (κ1) is 10.7. The Labute approximate surface area is 95.1 Å². The van der Waals surface area contributed by atoms with Crippen LogP contribution in [0.15, 0.2) is 30.3 Å². The minimum absolute atomic E-state index is 0.521. The van der Waals surface area contributed by atoms with Crippen molar-refractivity contribution in [1.29, 1.82) is 0 Å². The summed E-state index contributed by atoms with van der Waals surface area (Å²) in [5, 5.41) is 4.89. The second kappa shape index (κ2) is 4.77. The second-order valence-electron chi connectivity index (χ2n) is 3.71. The van der Waals surface area contributed by atoms with E-state index in [2.05, 4.69) is 49.5 Å². The number of thiophene rings is 1. The van der Waals surface area contributed by atoms with E-state index in [-0.39, 0.29) is 0 Å². The van der Waals surface area contributed by atoms with E-state index < -0.39 is 0 Å². The molecule has 0 saturated carbocycles. The predicted octanol–water partition coefficient (Wildman–Crippen LogP) is 3.96. The molecule has 0 fully saturated rings. The average Bonchev–Trinajstić information content (AvgIpc) is 2.69. The van der Waals surface area contributed by atoms with Crippen molar-refractivity contribution in [2.75, 3.05) is 6.54 Å². The quantitative estimate of drug-likeness (QED) is 0.820. The summed E-state index contributed by atoms with van der Waals surface area (Å²) >= 11 is 1.91. The molecule has 2 rings (SSSR count). The van der Waals surface area contributed by atoms with E-state index in [1.165, 1.54) is 15.0 Å². The van der Waals surface area contributed by atoms with Gasteiger partial charge in [0, 0.05) is 15.6 Å². The molecule has 2 aromatic rings. The Balaban J connectivity index is 2.34. The van der Waals surface area contributed by atoms with Crippen molar-refractivity contribution < 1.29 is 0 Å². The lowest BCUT2D eigenvalue weighted by atomic mass is 10.1. The third kappa shape index (κ3) is 2.21. The van der Waals surface area contributed by atoms with Crippen LogP contribution in [-0.2, 0) is 0 Å². The maximum absolute atomic E-state index is 3.52. The normalized spacial score (nSPS) is 13.2. The first-order chi connectivity index (χ1) is 7.35. The lowest BCUT2D eigenvalue weighted by Crippen LogP contribution is -2.18. The summed E-state index contributed by atoms with van der Waals surface area (Å²) in [5.41, 5.74) is 0. The molecule has 1 aromatic heterocycles. The molecule has 0 radical (unpaired) electrons. The first-order valence-electron chi connectivity index (χ1n) is 5.57. The van der Waals surface area contributed by atoms with Crippen molar-refractivity contribution in [3.63, 3.8) is 0 Å². The summed E-state index contributed by atoms with van der Waals surface area (Å²) in [7, 11) is 0. The number of rotatable bonds is 4. The van der Waals surface area contributed by atoms with Gasteiger partial charge in [0.2, 0.25) is 0 Å². The molecule has 0 bridgehead atoms. The molecule has 1 aromatic carbocycles. The second-order valence-corrected chi connectivity index (χ2v) is 4.82. The van der Waals surface area contributed by atoms with Gasteiger partial charge in [-0.3, -0.25) is 0 Å². The molecule has 0 aliphatic heterocycles. The van der Waals surface area contributed by atoms with Crippen molar-refractivity contribution in [2.45, 2.75) is 26.3 Å². The summed E-state index contributed by atoms with van der Waals surface area (Å²) < 4.78 is 1.39. The molecule has 80 valence electrons. The van der Waals surface area contributed by atoms with E-state index in [4.69, 9.17) is 0 Å². The fraction of sp³-hybridized carbons (Fsp3) is 0.385. The van der Waals surface area contributed by atoms with Crippen LogP contribution in [0.2, 0.25) is 0 Å². The van der Waals surface area contributed by atoms with E-state index in [1.54, 1.807) is 0 Å². The van der Waals surface area contributed by atoms with Crippen LogP contribution in [0.3, 0.4) is 0 Å². The maximum Gasteiger partial charge on any atom is 0.0412 e. The van der Waals surface area contributed by atoms with E-state index in [1.807, 2.05) is 11.3 Å². The number of nitrogens with one attached hydrogen (secondary N) is 1. The molecule has 0 aliphatic rings. The molecule has 1 nitrogen and oxygen atoms in total. The molecule has 1 N–H and O–H groups in total. The zero-order valence-corrected chi connectivity index (χ0v) is 10.1. The SMILES string of the molecule is CCNC(CC)c1cc2ccccc2s1. The minimum atomic E-state index is 0.521. The third-order valence-corrected chi connectivity index (χ3v) is 3.88. The van der Waals surface area contributed by atoms with E-state index in [0.717, 1.165) is 13.0 Å². The Bertz CT molecular complexity index is 400. The number of benzene rings is 1. The smallest absolute Gasteiger partial charge is 0.0412 e. The van der Waals surface area contributed by atoms with Crippen LogP contribution in [0, 0.1) is 0 Å². The van der Waals surface area contributed by atoms with Gasteiger partial charge in [0.05, 0.1) is 0 Å². The van der Waals surface area contributed by atoms with Crippen molar-refractivity contribution >= 4 is 21.4 Å². The Kier molecular flexibility index (Phi) is 3.39. The van der Waals surface area contributed by atoms with Crippen LogP contribution < -0.4 is 5.32 Å². The van der Waals surface area contributed by atoms with Crippen molar-refractivity contribution in [1.82, 2.24) is 5.32 Å². The zero-order chi connectivity index (χ0) is 10.7. The monoisotopic (exact) mass is 219 g/mol. The Morgan fingerprint density at radius 1 is 1.27 bits per heavy atom. The van der Waals surface area contributed by atoms with Gasteiger partial charge in [-0.2, -0.15) is 0 Å². The van der Waals surface area contributed by atoms with Gasteiger partial charge in [0.15, 0.2) is 0 Å². The van der Waals surface area contributed by atoms with Crippen LogP contribution in [0.5, 0.6) is 0 Å². The maximum atomic E-state index is 3.52. The zero-order valence-electron chi connectivity index (χ0n) is 9.29. The summed E-state index contributed by atoms with van der Waals surface area (Å²) in [6.07, 6.45) is 1.15. The molecule has 1 heterocycles. The largest absolute Gasteiger partial charge is 0.310 e. The lowest BCUT2D eigenvalue weighted by molar-refractivity contribution is 0.546. The van der Waals surface area contributed by atoms with Crippen LogP contribution in [-0.4, -0.2) is 6.54 Å². The Morgan fingerprint density at radius 3 is 2.73 bits per heavy atom. The summed E-state index contributed by atoms with van der Waals surface area (Å²) in [6.45, 7) is 5.43. The third-order valence-electron chi connectivity index (χ3n) is 2.65. The van der Waals surface area contributed by atoms with Crippen LogP contribution >= 0.6 is 11.3 Å². The number of fused-ring (bicyclic) bond motifs is 1. The van der Waals surface area contributed by atoms with Crippen LogP contribution in [0.25, 0.3) is 10.1 Å². The van der Waals surface area contributed by atoms with E-state index in [9.17, 15) is 0 Å². The highest BCUT2D eigenvalue weighted by atomic mass is 32.1. The number of hydrogen-bond acceptors (Lipinski definition) is 2. The van der Waals surface area contributed by atoms with Crippen LogP contribution in [0.1, 0.15) is 31.2 Å². The molecule has 1 unspecified atom stereocenters. The van der Waals surface area contributed by atoms with Crippen LogP contribution in [0.4, 0.5) is 0 Å². The topological polar surface area (TPSA) is 12.0 Å². The highest BCUT2D eigenvalue weighted by molar-refractivity contribution is 7.19. The molecule has 0 amide bonds. The number of hydrogen-bond donors (Lipinski definition) is 1. The molecule has 15 heavy (non-hydrogen) atoms. The van der Waals surface area contributed by atoms with E-state index in [0.29, 0.717) is 6.04 Å². The molecule has 2 heteroatoms. The molecule has 0 spiro atoms. The molecular formula is C13H17NS. The molecule has 0 aliphatic carbocycles. The Morgan fingerprint density at radius 2 is 2.07 bits per heavy atom. The van der Waals surface area contributed by atoms with Gasteiger partial charge in [-0.05, 0) is 30.5 Å². The Hall–Kier alpha value is -0.860. The summed E-state index contributed by atoms with van der Waals surface area (Å²) in [4.78, 5) is 1.46. The minimum Gasteiger partial charge on any atom is -0.310 e. The van der Waals surface area contributed by atoms with Gasteiger partial charge >= 0.3 is 0 Å². The molecule has 0 saturated heterocycles. The highest BCUT2D eigenvalue weighted by Gasteiger charge is 2.10.